The highest BCUT2D eigenvalue weighted by Gasteiger charge is 2.18. The summed E-state index contributed by atoms with van der Waals surface area (Å²) in [7, 11) is -3.57. The van der Waals surface area contributed by atoms with Crippen LogP contribution >= 0.6 is 0 Å². The van der Waals surface area contributed by atoms with Crippen molar-refractivity contribution >= 4 is 21.4 Å². The zero-order valence-corrected chi connectivity index (χ0v) is 14.6. The Balaban J connectivity index is 2.26. The topological polar surface area (TPSA) is 63.2 Å². The average Bonchev–Trinajstić information content (AvgIpc) is 2.61. The number of amides is 1. The molecule has 1 unspecified atom stereocenters. The van der Waals surface area contributed by atoms with Crippen LogP contribution in [0.25, 0.3) is 0 Å². The van der Waals surface area contributed by atoms with Gasteiger partial charge in [0.1, 0.15) is 0 Å². The van der Waals surface area contributed by atoms with E-state index in [0.717, 1.165) is 18.1 Å². The van der Waals surface area contributed by atoms with Crippen LogP contribution in [-0.4, -0.2) is 14.3 Å². The van der Waals surface area contributed by atoms with E-state index in [2.05, 4.69) is 25.7 Å². The second kappa shape index (κ2) is 7.45. The molecule has 0 spiro atoms. The average molecular weight is 343 g/mol. The van der Waals surface area contributed by atoms with Crippen molar-refractivity contribution < 1.29 is 13.2 Å². The molecule has 2 aromatic carbocycles. The molecule has 0 saturated heterocycles. The molecule has 0 saturated carbocycles. The predicted molar refractivity (Wildman–Crippen MR) is 95.9 cm³/mol. The van der Waals surface area contributed by atoms with Crippen molar-refractivity contribution in [1.29, 1.82) is 0 Å². The smallest absolute Gasteiger partial charge is 0.247 e. The van der Waals surface area contributed by atoms with Crippen LogP contribution in [0.4, 0.5) is 5.69 Å². The number of sulfone groups is 1. The largest absolute Gasteiger partial charge is 0.323 e. The Labute approximate surface area is 143 Å². The SMILES string of the molecule is C=CC(=O)Nc1ccc(S(=O)(=O)c2ccc(C(C)CC)cc2)cc1. The molecule has 2 rings (SSSR count). The summed E-state index contributed by atoms with van der Waals surface area (Å²) in [4.78, 5) is 11.7. The van der Waals surface area contributed by atoms with Crippen molar-refractivity contribution in [3.8, 4) is 0 Å². The van der Waals surface area contributed by atoms with E-state index < -0.39 is 9.84 Å². The minimum Gasteiger partial charge on any atom is -0.323 e. The van der Waals surface area contributed by atoms with Crippen LogP contribution in [0, 0.1) is 0 Å². The van der Waals surface area contributed by atoms with E-state index in [4.69, 9.17) is 0 Å². The van der Waals surface area contributed by atoms with Crippen LogP contribution in [-0.2, 0) is 14.6 Å². The quantitative estimate of drug-likeness (QED) is 0.801. The number of hydrogen-bond acceptors (Lipinski definition) is 3. The molecule has 24 heavy (non-hydrogen) atoms. The lowest BCUT2D eigenvalue weighted by atomic mass is 9.99. The molecule has 0 aliphatic carbocycles. The van der Waals surface area contributed by atoms with Crippen molar-refractivity contribution in [2.45, 2.75) is 36.0 Å². The van der Waals surface area contributed by atoms with Crippen LogP contribution in [0.2, 0.25) is 0 Å². The first kappa shape index (κ1) is 17.9. The Morgan fingerprint density at radius 1 is 1.08 bits per heavy atom. The molecule has 0 heterocycles. The molecule has 0 aliphatic rings. The van der Waals surface area contributed by atoms with Crippen LogP contribution in [0.15, 0.2) is 71.0 Å². The first-order chi connectivity index (χ1) is 11.4. The number of carbonyl (C=O) groups is 1. The van der Waals surface area contributed by atoms with Crippen molar-refractivity contribution in [3.05, 3.63) is 66.7 Å². The summed E-state index contributed by atoms with van der Waals surface area (Å²) in [6, 6.07) is 13.1. The predicted octanol–water partition coefficient (Wildman–Crippen LogP) is 4.16. The van der Waals surface area contributed by atoms with Gasteiger partial charge in [-0.1, -0.05) is 32.6 Å². The summed E-state index contributed by atoms with van der Waals surface area (Å²) in [5, 5.41) is 2.58. The molecule has 0 aromatic heterocycles. The number of nitrogens with one attached hydrogen (secondary N) is 1. The standard InChI is InChI=1S/C19H21NO3S/c1-4-14(3)15-6-10-17(11-7-15)24(22,23)18-12-8-16(9-13-18)20-19(21)5-2/h5-14H,2,4H2,1,3H3,(H,20,21). The number of rotatable bonds is 6. The molecule has 1 N–H and O–H groups in total. The second-order valence-corrected chi connectivity index (χ2v) is 7.55. The Bertz CT molecular complexity index is 822. The molecule has 2 aromatic rings. The van der Waals surface area contributed by atoms with Gasteiger partial charge in [0.25, 0.3) is 0 Å². The van der Waals surface area contributed by atoms with Gasteiger partial charge in [-0.3, -0.25) is 4.79 Å². The van der Waals surface area contributed by atoms with E-state index in [1.165, 1.54) is 12.1 Å². The van der Waals surface area contributed by atoms with Crippen molar-refractivity contribution in [2.24, 2.45) is 0 Å². The summed E-state index contributed by atoms with van der Waals surface area (Å²) < 4.78 is 25.3. The van der Waals surface area contributed by atoms with Gasteiger partial charge < -0.3 is 5.32 Å². The third-order valence-electron chi connectivity index (χ3n) is 3.99. The third-order valence-corrected chi connectivity index (χ3v) is 5.77. The van der Waals surface area contributed by atoms with Crippen molar-refractivity contribution in [1.82, 2.24) is 0 Å². The lowest BCUT2D eigenvalue weighted by Crippen LogP contribution is -2.08. The lowest BCUT2D eigenvalue weighted by molar-refractivity contribution is -0.111. The first-order valence-corrected chi connectivity index (χ1v) is 9.25. The van der Waals surface area contributed by atoms with Gasteiger partial charge in [-0.15, -0.1) is 0 Å². The van der Waals surface area contributed by atoms with Crippen LogP contribution in [0.3, 0.4) is 0 Å². The fourth-order valence-electron chi connectivity index (χ4n) is 2.26. The van der Waals surface area contributed by atoms with E-state index in [-0.39, 0.29) is 15.7 Å². The summed E-state index contributed by atoms with van der Waals surface area (Å²) in [5.41, 5.74) is 1.64. The van der Waals surface area contributed by atoms with Gasteiger partial charge >= 0.3 is 0 Å². The number of carbonyl (C=O) groups excluding carboxylic acids is 1. The third kappa shape index (κ3) is 3.92. The van der Waals surface area contributed by atoms with Crippen LogP contribution in [0.1, 0.15) is 31.7 Å². The number of benzene rings is 2. The lowest BCUT2D eigenvalue weighted by Gasteiger charge is -2.10. The number of hydrogen-bond donors (Lipinski definition) is 1. The molecule has 0 aliphatic heterocycles. The zero-order valence-electron chi connectivity index (χ0n) is 13.8. The molecule has 0 fully saturated rings. The zero-order chi connectivity index (χ0) is 17.7. The van der Waals surface area contributed by atoms with E-state index in [9.17, 15) is 13.2 Å². The maximum Gasteiger partial charge on any atom is 0.247 e. The molecular weight excluding hydrogens is 322 g/mol. The molecule has 0 radical (unpaired) electrons. The number of anilines is 1. The Kier molecular flexibility index (Phi) is 5.57. The summed E-state index contributed by atoms with van der Waals surface area (Å²) in [6.45, 7) is 7.58. The second-order valence-electron chi connectivity index (χ2n) is 5.60. The van der Waals surface area contributed by atoms with E-state index in [1.807, 2.05) is 12.1 Å². The highest BCUT2D eigenvalue weighted by Crippen LogP contribution is 2.25. The minimum atomic E-state index is -3.57. The Morgan fingerprint density at radius 2 is 1.58 bits per heavy atom. The molecule has 126 valence electrons. The van der Waals surface area contributed by atoms with Gasteiger partial charge in [0.15, 0.2) is 0 Å². The minimum absolute atomic E-state index is 0.190. The van der Waals surface area contributed by atoms with Crippen LogP contribution < -0.4 is 5.32 Å². The summed E-state index contributed by atoms with van der Waals surface area (Å²) in [5.74, 6) is 0.0562. The molecule has 4 nitrogen and oxygen atoms in total. The fourth-order valence-corrected chi connectivity index (χ4v) is 3.52. The van der Waals surface area contributed by atoms with E-state index in [0.29, 0.717) is 11.6 Å². The van der Waals surface area contributed by atoms with Gasteiger partial charge in [0.05, 0.1) is 9.79 Å². The van der Waals surface area contributed by atoms with Gasteiger partial charge in [-0.05, 0) is 60.4 Å². The van der Waals surface area contributed by atoms with Gasteiger partial charge in [-0.2, -0.15) is 0 Å². The van der Waals surface area contributed by atoms with Gasteiger partial charge in [0, 0.05) is 5.69 Å². The van der Waals surface area contributed by atoms with Crippen LogP contribution in [0.5, 0.6) is 0 Å². The van der Waals surface area contributed by atoms with E-state index in [1.54, 1.807) is 24.3 Å². The molecule has 5 heteroatoms. The Morgan fingerprint density at radius 3 is 2.04 bits per heavy atom. The maximum absolute atomic E-state index is 12.7. The van der Waals surface area contributed by atoms with Gasteiger partial charge in [0.2, 0.25) is 15.7 Å². The first-order valence-electron chi connectivity index (χ1n) is 7.77. The van der Waals surface area contributed by atoms with Crippen molar-refractivity contribution in [3.63, 3.8) is 0 Å². The molecular formula is C19H21NO3S. The fraction of sp³-hybridized carbons (Fsp3) is 0.211. The summed E-state index contributed by atoms with van der Waals surface area (Å²) in [6.07, 6.45) is 2.16. The molecule has 0 bridgehead atoms. The monoisotopic (exact) mass is 343 g/mol. The van der Waals surface area contributed by atoms with Crippen molar-refractivity contribution in [2.75, 3.05) is 5.32 Å². The normalized spacial score (nSPS) is 12.4. The Hall–Kier alpha value is -2.40. The maximum atomic E-state index is 12.7. The van der Waals surface area contributed by atoms with E-state index >= 15 is 0 Å². The molecule has 1 atom stereocenters. The van der Waals surface area contributed by atoms with Gasteiger partial charge in [-0.25, -0.2) is 8.42 Å². The summed E-state index contributed by atoms with van der Waals surface area (Å²) >= 11 is 0. The highest BCUT2D eigenvalue weighted by atomic mass is 32.2. The highest BCUT2D eigenvalue weighted by molar-refractivity contribution is 7.91. The molecule has 1 amide bonds.